The van der Waals surface area contributed by atoms with Crippen LogP contribution < -0.4 is 4.74 Å². The summed E-state index contributed by atoms with van der Waals surface area (Å²) >= 11 is 0. The zero-order valence-corrected chi connectivity index (χ0v) is 13.6. The Bertz CT molecular complexity index is 917. The van der Waals surface area contributed by atoms with Gasteiger partial charge in [-0.1, -0.05) is 66.7 Å². The van der Waals surface area contributed by atoms with E-state index in [4.69, 9.17) is 4.74 Å². The molecule has 0 fully saturated rings. The van der Waals surface area contributed by atoms with E-state index in [2.05, 4.69) is 0 Å². The van der Waals surface area contributed by atoms with Gasteiger partial charge in [-0.05, 0) is 28.8 Å². The zero-order chi connectivity index (χ0) is 17.0. The van der Waals surface area contributed by atoms with Gasteiger partial charge in [0.2, 0.25) is 0 Å². The van der Waals surface area contributed by atoms with E-state index in [1.165, 1.54) is 18.2 Å². The summed E-state index contributed by atoms with van der Waals surface area (Å²) in [6.07, 6.45) is 0. The normalized spacial score (nSPS) is 11.2. The first-order valence-corrected chi connectivity index (χ1v) is 8.82. The number of hydrogen-bond donors (Lipinski definition) is 1. The highest BCUT2D eigenvalue weighted by Crippen LogP contribution is 2.24. The first-order valence-electron chi connectivity index (χ1n) is 7.38. The summed E-state index contributed by atoms with van der Waals surface area (Å²) in [5, 5.41) is 0. The molecule has 0 aliphatic rings. The molecule has 3 rings (SSSR count). The van der Waals surface area contributed by atoms with Crippen LogP contribution in [0.15, 0.2) is 83.8 Å². The third-order valence-electron chi connectivity index (χ3n) is 3.58. The standard InChI is InChI=1S/C19H16O4S/c20-24(21,22)19-9-5-4-8-18(19)23-14-15-10-12-17(13-11-15)16-6-2-1-3-7-16/h1-13H,14H2,(H,20,21,22). The van der Waals surface area contributed by atoms with Crippen molar-refractivity contribution in [1.29, 1.82) is 0 Å². The van der Waals surface area contributed by atoms with Crippen LogP contribution in [0.4, 0.5) is 0 Å². The number of para-hydroxylation sites is 1. The third-order valence-corrected chi connectivity index (χ3v) is 4.48. The van der Waals surface area contributed by atoms with Crippen molar-refractivity contribution in [2.24, 2.45) is 0 Å². The van der Waals surface area contributed by atoms with E-state index < -0.39 is 10.1 Å². The van der Waals surface area contributed by atoms with Crippen molar-refractivity contribution in [2.45, 2.75) is 11.5 Å². The molecule has 0 aromatic heterocycles. The Morgan fingerprint density at radius 1 is 0.750 bits per heavy atom. The van der Waals surface area contributed by atoms with E-state index in [1.807, 2.05) is 54.6 Å². The highest BCUT2D eigenvalue weighted by molar-refractivity contribution is 7.86. The quantitative estimate of drug-likeness (QED) is 0.708. The lowest BCUT2D eigenvalue weighted by Gasteiger charge is -2.10. The fraction of sp³-hybridized carbons (Fsp3) is 0.0526. The number of ether oxygens (including phenoxy) is 1. The Balaban J connectivity index is 1.75. The lowest BCUT2D eigenvalue weighted by atomic mass is 10.0. The lowest BCUT2D eigenvalue weighted by Crippen LogP contribution is -2.03. The minimum Gasteiger partial charge on any atom is -0.487 e. The summed E-state index contributed by atoms with van der Waals surface area (Å²) in [5.74, 6) is 0.132. The fourth-order valence-corrected chi connectivity index (χ4v) is 3.00. The molecule has 122 valence electrons. The maximum absolute atomic E-state index is 11.3. The van der Waals surface area contributed by atoms with Crippen LogP contribution in [-0.4, -0.2) is 13.0 Å². The second-order valence-corrected chi connectivity index (χ2v) is 6.66. The topological polar surface area (TPSA) is 63.6 Å². The Morgan fingerprint density at radius 2 is 1.33 bits per heavy atom. The van der Waals surface area contributed by atoms with Crippen LogP contribution in [-0.2, 0) is 16.7 Å². The number of rotatable bonds is 5. The highest BCUT2D eigenvalue weighted by atomic mass is 32.2. The summed E-state index contributed by atoms with van der Waals surface area (Å²) < 4.78 is 37.5. The van der Waals surface area contributed by atoms with Crippen LogP contribution in [0.1, 0.15) is 5.56 Å². The van der Waals surface area contributed by atoms with Crippen LogP contribution in [0.25, 0.3) is 11.1 Å². The molecule has 0 spiro atoms. The Kier molecular flexibility index (Phi) is 4.64. The number of benzene rings is 3. The summed E-state index contributed by atoms with van der Waals surface area (Å²) in [6, 6.07) is 23.9. The minimum atomic E-state index is -4.31. The Hall–Kier alpha value is -2.63. The molecule has 1 N–H and O–H groups in total. The monoisotopic (exact) mass is 340 g/mol. The molecular weight excluding hydrogens is 324 g/mol. The zero-order valence-electron chi connectivity index (χ0n) is 12.8. The van der Waals surface area contributed by atoms with Crippen LogP contribution >= 0.6 is 0 Å². The molecule has 5 heteroatoms. The first-order chi connectivity index (χ1) is 11.5. The Labute approximate surface area is 141 Å². The van der Waals surface area contributed by atoms with Crippen LogP contribution in [0.5, 0.6) is 5.75 Å². The SMILES string of the molecule is O=S(=O)(O)c1ccccc1OCc1ccc(-c2ccccc2)cc1. The average Bonchev–Trinajstić information content (AvgIpc) is 2.61. The van der Waals surface area contributed by atoms with Gasteiger partial charge in [-0.15, -0.1) is 0 Å². The van der Waals surface area contributed by atoms with Gasteiger partial charge in [-0.3, -0.25) is 4.55 Å². The van der Waals surface area contributed by atoms with Gasteiger partial charge >= 0.3 is 0 Å². The third kappa shape index (κ3) is 3.82. The summed E-state index contributed by atoms with van der Waals surface area (Å²) in [5.41, 5.74) is 3.12. The predicted molar refractivity (Wildman–Crippen MR) is 92.5 cm³/mol. The van der Waals surface area contributed by atoms with Crippen LogP contribution in [0, 0.1) is 0 Å². The largest absolute Gasteiger partial charge is 0.487 e. The molecule has 3 aromatic rings. The second kappa shape index (κ2) is 6.86. The molecule has 0 aliphatic heterocycles. The molecule has 0 heterocycles. The average molecular weight is 340 g/mol. The van der Waals surface area contributed by atoms with Crippen molar-refractivity contribution in [3.63, 3.8) is 0 Å². The molecule has 0 amide bonds. The van der Waals surface area contributed by atoms with Gasteiger partial charge in [-0.2, -0.15) is 8.42 Å². The van der Waals surface area contributed by atoms with E-state index in [0.717, 1.165) is 16.7 Å². The molecule has 4 nitrogen and oxygen atoms in total. The summed E-state index contributed by atoms with van der Waals surface area (Å²) in [6.45, 7) is 0.210. The summed E-state index contributed by atoms with van der Waals surface area (Å²) in [4.78, 5) is -0.231. The van der Waals surface area contributed by atoms with Crippen LogP contribution in [0.2, 0.25) is 0 Å². The van der Waals surface area contributed by atoms with Crippen LogP contribution in [0.3, 0.4) is 0 Å². The first kappa shape index (κ1) is 16.2. The molecule has 0 saturated heterocycles. The van der Waals surface area contributed by atoms with E-state index in [9.17, 15) is 13.0 Å². The van der Waals surface area contributed by atoms with Gasteiger partial charge in [-0.25, -0.2) is 0 Å². The molecule has 0 atom stereocenters. The number of hydrogen-bond acceptors (Lipinski definition) is 3. The van der Waals surface area contributed by atoms with Crippen molar-refractivity contribution >= 4 is 10.1 Å². The molecule has 0 bridgehead atoms. The predicted octanol–water partition coefficient (Wildman–Crippen LogP) is 4.18. The van der Waals surface area contributed by atoms with Crippen molar-refractivity contribution in [1.82, 2.24) is 0 Å². The van der Waals surface area contributed by atoms with Crippen molar-refractivity contribution in [2.75, 3.05) is 0 Å². The van der Waals surface area contributed by atoms with Gasteiger partial charge in [0.15, 0.2) is 0 Å². The molecule has 0 radical (unpaired) electrons. The summed E-state index contributed by atoms with van der Waals surface area (Å²) in [7, 11) is -4.31. The minimum absolute atomic E-state index is 0.132. The van der Waals surface area contributed by atoms with Gasteiger partial charge < -0.3 is 4.74 Å². The van der Waals surface area contributed by atoms with Gasteiger partial charge in [0.25, 0.3) is 10.1 Å². The highest BCUT2D eigenvalue weighted by Gasteiger charge is 2.15. The maximum Gasteiger partial charge on any atom is 0.298 e. The van der Waals surface area contributed by atoms with Gasteiger partial charge in [0.1, 0.15) is 17.3 Å². The maximum atomic E-state index is 11.3. The van der Waals surface area contributed by atoms with Gasteiger partial charge in [0, 0.05) is 0 Å². The fourth-order valence-electron chi connectivity index (χ4n) is 2.37. The molecule has 0 saturated carbocycles. The molecular formula is C19H16O4S. The Morgan fingerprint density at radius 3 is 2.00 bits per heavy atom. The van der Waals surface area contributed by atoms with E-state index >= 15 is 0 Å². The van der Waals surface area contributed by atoms with Crippen molar-refractivity contribution < 1.29 is 17.7 Å². The lowest BCUT2D eigenvalue weighted by molar-refractivity contribution is 0.296. The molecule has 0 unspecified atom stereocenters. The van der Waals surface area contributed by atoms with E-state index in [1.54, 1.807) is 6.07 Å². The molecule has 3 aromatic carbocycles. The second-order valence-electron chi connectivity index (χ2n) is 5.27. The van der Waals surface area contributed by atoms with E-state index in [-0.39, 0.29) is 17.3 Å². The van der Waals surface area contributed by atoms with Crippen molar-refractivity contribution in [3.8, 4) is 16.9 Å². The molecule has 0 aliphatic carbocycles. The van der Waals surface area contributed by atoms with Crippen molar-refractivity contribution in [3.05, 3.63) is 84.4 Å². The van der Waals surface area contributed by atoms with E-state index in [0.29, 0.717) is 0 Å². The molecule has 24 heavy (non-hydrogen) atoms. The smallest absolute Gasteiger partial charge is 0.298 e. The van der Waals surface area contributed by atoms with Gasteiger partial charge in [0.05, 0.1) is 0 Å².